The van der Waals surface area contributed by atoms with Crippen LogP contribution >= 0.6 is 11.3 Å². The lowest BCUT2D eigenvalue weighted by molar-refractivity contribution is 0.0616. The second-order valence-electron chi connectivity index (χ2n) is 7.98. The summed E-state index contributed by atoms with van der Waals surface area (Å²) < 4.78 is 7.46. The van der Waals surface area contributed by atoms with Crippen LogP contribution in [0.3, 0.4) is 0 Å². The Balaban J connectivity index is 1.34. The molecule has 2 aliphatic rings. The SMILES string of the molecule is Cc1cc(CN2CCN(C(=O)c3c(-n4cccc4)sc4c3CCCC4)CC2)on1. The summed E-state index contributed by atoms with van der Waals surface area (Å²) >= 11 is 1.80. The highest BCUT2D eigenvalue weighted by atomic mass is 32.1. The number of rotatable bonds is 4. The molecule has 1 amide bonds. The van der Waals surface area contributed by atoms with Gasteiger partial charge in [-0.05, 0) is 50.3 Å². The van der Waals surface area contributed by atoms with Gasteiger partial charge < -0.3 is 14.0 Å². The first kappa shape index (κ1) is 18.6. The van der Waals surface area contributed by atoms with E-state index in [2.05, 4.69) is 14.6 Å². The molecule has 0 N–H and O–H groups in total. The number of aryl methyl sites for hydroxylation is 2. The summed E-state index contributed by atoms with van der Waals surface area (Å²) in [4.78, 5) is 19.4. The van der Waals surface area contributed by atoms with E-state index in [9.17, 15) is 4.79 Å². The third-order valence-corrected chi connectivity index (χ3v) is 7.23. The highest BCUT2D eigenvalue weighted by Crippen LogP contribution is 2.37. The van der Waals surface area contributed by atoms with Crippen molar-refractivity contribution in [3.63, 3.8) is 0 Å². The lowest BCUT2D eigenvalue weighted by atomic mass is 9.95. The standard InChI is InChI=1S/C22H26N4O2S/c1-16-14-17(28-23-16)15-24-10-12-25(13-11-24)21(27)20-18-6-2-3-7-19(18)29-22(20)26-8-4-5-9-26/h4-5,8-9,14H,2-3,6-7,10-13,15H2,1H3. The normalized spacial score (nSPS) is 17.5. The first-order valence-electron chi connectivity index (χ1n) is 10.4. The first-order chi connectivity index (χ1) is 14.2. The molecular formula is C22H26N4O2S. The van der Waals surface area contributed by atoms with Crippen LogP contribution in [0.1, 0.15) is 45.1 Å². The molecule has 0 bridgehead atoms. The Labute approximate surface area is 174 Å². The van der Waals surface area contributed by atoms with Crippen LogP contribution in [0.5, 0.6) is 0 Å². The quantitative estimate of drug-likeness (QED) is 0.659. The van der Waals surface area contributed by atoms with Crippen molar-refractivity contribution in [1.82, 2.24) is 19.5 Å². The number of carbonyl (C=O) groups excluding carboxylic acids is 1. The van der Waals surface area contributed by atoms with Crippen molar-refractivity contribution in [2.75, 3.05) is 26.2 Å². The van der Waals surface area contributed by atoms with Gasteiger partial charge in [-0.25, -0.2) is 0 Å². The fourth-order valence-electron chi connectivity index (χ4n) is 4.40. The molecule has 3 aromatic heterocycles. The molecule has 5 rings (SSSR count). The van der Waals surface area contributed by atoms with E-state index in [1.54, 1.807) is 11.3 Å². The summed E-state index contributed by atoms with van der Waals surface area (Å²) in [5.41, 5.74) is 3.16. The zero-order chi connectivity index (χ0) is 19.8. The number of thiophene rings is 1. The zero-order valence-corrected chi connectivity index (χ0v) is 17.6. The van der Waals surface area contributed by atoms with Gasteiger partial charge in [-0.2, -0.15) is 0 Å². The average Bonchev–Trinajstić information content (AvgIpc) is 3.47. The van der Waals surface area contributed by atoms with Gasteiger partial charge in [-0.15, -0.1) is 11.3 Å². The third-order valence-electron chi connectivity index (χ3n) is 5.92. The van der Waals surface area contributed by atoms with Crippen LogP contribution in [0.25, 0.3) is 5.00 Å². The molecule has 0 unspecified atom stereocenters. The monoisotopic (exact) mass is 410 g/mol. The van der Waals surface area contributed by atoms with Crippen LogP contribution in [-0.2, 0) is 19.4 Å². The molecule has 1 aliphatic carbocycles. The number of carbonyl (C=O) groups is 1. The van der Waals surface area contributed by atoms with E-state index in [0.29, 0.717) is 0 Å². The van der Waals surface area contributed by atoms with Crippen LogP contribution in [0.4, 0.5) is 0 Å². The maximum absolute atomic E-state index is 13.6. The van der Waals surface area contributed by atoms with Gasteiger partial charge in [0.1, 0.15) is 5.00 Å². The summed E-state index contributed by atoms with van der Waals surface area (Å²) in [6.07, 6.45) is 8.63. The van der Waals surface area contributed by atoms with Crippen molar-refractivity contribution >= 4 is 17.2 Å². The minimum atomic E-state index is 0.197. The molecule has 0 saturated carbocycles. The molecule has 6 nitrogen and oxygen atoms in total. The second kappa shape index (κ2) is 7.80. The smallest absolute Gasteiger partial charge is 0.257 e. The van der Waals surface area contributed by atoms with Crippen molar-refractivity contribution in [1.29, 1.82) is 0 Å². The summed E-state index contributed by atoms with van der Waals surface area (Å²) in [7, 11) is 0. The Morgan fingerprint density at radius 3 is 2.62 bits per heavy atom. The first-order valence-corrected chi connectivity index (χ1v) is 11.2. The largest absolute Gasteiger partial charge is 0.360 e. The van der Waals surface area contributed by atoms with Gasteiger partial charge in [-0.1, -0.05) is 5.16 Å². The van der Waals surface area contributed by atoms with Gasteiger partial charge in [0.15, 0.2) is 5.76 Å². The molecule has 3 aromatic rings. The van der Waals surface area contributed by atoms with Crippen LogP contribution < -0.4 is 0 Å². The van der Waals surface area contributed by atoms with Gasteiger partial charge in [0, 0.05) is 49.5 Å². The van der Waals surface area contributed by atoms with E-state index in [4.69, 9.17) is 4.52 Å². The predicted molar refractivity (Wildman–Crippen MR) is 113 cm³/mol. The molecule has 0 aromatic carbocycles. The minimum Gasteiger partial charge on any atom is -0.360 e. The number of aromatic nitrogens is 2. The van der Waals surface area contributed by atoms with Crippen molar-refractivity contribution < 1.29 is 9.32 Å². The number of hydrogen-bond acceptors (Lipinski definition) is 5. The molecule has 1 fully saturated rings. The predicted octanol–water partition coefficient (Wildman–Crippen LogP) is 3.67. The van der Waals surface area contributed by atoms with Gasteiger partial charge in [0.25, 0.3) is 5.91 Å². The molecule has 0 radical (unpaired) electrons. The van der Waals surface area contributed by atoms with E-state index in [0.717, 1.165) is 67.6 Å². The number of nitrogens with zero attached hydrogens (tertiary/aromatic N) is 4. The van der Waals surface area contributed by atoms with Gasteiger partial charge in [0.05, 0.1) is 17.8 Å². The van der Waals surface area contributed by atoms with Gasteiger partial charge in [-0.3, -0.25) is 9.69 Å². The Hall–Kier alpha value is -2.38. The topological polar surface area (TPSA) is 54.5 Å². The summed E-state index contributed by atoms with van der Waals surface area (Å²) in [6.45, 7) is 5.91. The maximum atomic E-state index is 13.6. The third kappa shape index (κ3) is 3.65. The van der Waals surface area contributed by atoms with E-state index in [1.165, 1.54) is 23.3 Å². The summed E-state index contributed by atoms with van der Waals surface area (Å²) in [6, 6.07) is 6.03. The lowest BCUT2D eigenvalue weighted by Crippen LogP contribution is -2.48. The molecule has 152 valence electrons. The van der Waals surface area contributed by atoms with E-state index < -0.39 is 0 Å². The van der Waals surface area contributed by atoms with Gasteiger partial charge >= 0.3 is 0 Å². The Kier molecular flexibility index (Phi) is 5.01. The fourth-order valence-corrected chi connectivity index (χ4v) is 5.75. The van der Waals surface area contributed by atoms with Crippen LogP contribution in [0, 0.1) is 6.92 Å². The van der Waals surface area contributed by atoms with Crippen molar-refractivity contribution in [2.45, 2.75) is 39.2 Å². The van der Waals surface area contributed by atoms with Gasteiger partial charge in [0.2, 0.25) is 0 Å². The molecule has 1 aliphatic heterocycles. The van der Waals surface area contributed by atoms with E-state index in [-0.39, 0.29) is 5.91 Å². The summed E-state index contributed by atoms with van der Waals surface area (Å²) in [5, 5.41) is 5.06. The highest BCUT2D eigenvalue weighted by molar-refractivity contribution is 7.15. The molecule has 4 heterocycles. The number of piperazine rings is 1. The fraction of sp³-hybridized carbons (Fsp3) is 0.455. The summed E-state index contributed by atoms with van der Waals surface area (Å²) in [5.74, 6) is 1.09. The number of fused-ring (bicyclic) bond motifs is 1. The van der Waals surface area contributed by atoms with Crippen LogP contribution in [0.15, 0.2) is 35.1 Å². The number of amides is 1. The van der Waals surface area contributed by atoms with Crippen molar-refractivity contribution in [3.05, 3.63) is 58.1 Å². The zero-order valence-electron chi connectivity index (χ0n) is 16.8. The van der Waals surface area contributed by atoms with E-state index >= 15 is 0 Å². The average molecular weight is 411 g/mol. The molecular weight excluding hydrogens is 384 g/mol. The maximum Gasteiger partial charge on any atom is 0.257 e. The van der Waals surface area contributed by atoms with Crippen molar-refractivity contribution in [3.8, 4) is 5.00 Å². The lowest BCUT2D eigenvalue weighted by Gasteiger charge is -2.34. The Bertz CT molecular complexity index is 996. The molecule has 0 spiro atoms. The minimum absolute atomic E-state index is 0.197. The Morgan fingerprint density at radius 1 is 1.14 bits per heavy atom. The van der Waals surface area contributed by atoms with Crippen LogP contribution in [0.2, 0.25) is 0 Å². The number of hydrogen-bond donors (Lipinski definition) is 0. The molecule has 1 saturated heterocycles. The second-order valence-corrected chi connectivity index (χ2v) is 9.07. The molecule has 7 heteroatoms. The van der Waals surface area contributed by atoms with Crippen LogP contribution in [-0.4, -0.2) is 51.6 Å². The Morgan fingerprint density at radius 2 is 1.90 bits per heavy atom. The van der Waals surface area contributed by atoms with E-state index in [1.807, 2.05) is 42.4 Å². The molecule has 0 atom stereocenters. The van der Waals surface area contributed by atoms with Crippen molar-refractivity contribution in [2.24, 2.45) is 0 Å². The highest BCUT2D eigenvalue weighted by Gasteiger charge is 2.30. The molecule has 29 heavy (non-hydrogen) atoms.